The number of nitrogens with zero attached hydrogens (tertiary/aromatic N) is 4. The Morgan fingerprint density at radius 3 is 2.44 bits per heavy atom. The molecule has 0 aromatic heterocycles. The van der Waals surface area contributed by atoms with Crippen LogP contribution in [0.25, 0.3) is 0 Å². The van der Waals surface area contributed by atoms with Gasteiger partial charge in [-0.25, -0.2) is 9.79 Å². The minimum Gasteiger partial charge on any atom is -0.463 e. The summed E-state index contributed by atoms with van der Waals surface area (Å²) in [6, 6.07) is 18.2. The molecule has 1 atom stereocenters. The lowest BCUT2D eigenvalue weighted by atomic mass is 9.91. The van der Waals surface area contributed by atoms with Crippen LogP contribution < -0.4 is 0 Å². The fraction of sp³-hybridized carbons (Fsp3) is 0.387. The molecule has 0 unspecified atom stereocenters. The highest BCUT2D eigenvalue weighted by Gasteiger charge is 2.42. The fourth-order valence-corrected chi connectivity index (χ4v) is 6.41. The number of hydrogen-bond donors (Lipinski definition) is 0. The number of aliphatic imine (C=N–C) groups is 1. The van der Waals surface area contributed by atoms with E-state index in [0.717, 1.165) is 61.1 Å². The van der Waals surface area contributed by atoms with Crippen molar-refractivity contribution in [3.05, 3.63) is 93.7 Å². The van der Waals surface area contributed by atoms with Crippen LogP contribution in [0, 0.1) is 6.92 Å². The number of allylic oxidation sites excluding steroid dienone is 1. The Bertz CT molecular complexity index is 1310. The number of piperazine rings is 1. The Balaban J connectivity index is 1.28. The number of thioether (sulfide) groups is 1. The zero-order valence-electron chi connectivity index (χ0n) is 22.9. The number of hydrogen-bond acceptors (Lipinski definition) is 7. The van der Waals surface area contributed by atoms with Crippen molar-refractivity contribution in [3.8, 4) is 0 Å². The quantitative estimate of drug-likeness (QED) is 0.440. The van der Waals surface area contributed by atoms with E-state index < -0.39 is 0 Å². The second kappa shape index (κ2) is 12.2. The van der Waals surface area contributed by atoms with Crippen LogP contribution in [0.5, 0.6) is 0 Å². The third kappa shape index (κ3) is 5.97. The molecule has 3 aliphatic rings. The molecule has 8 heteroatoms. The number of amidine groups is 1. The second-order valence-electron chi connectivity index (χ2n) is 10.1. The van der Waals surface area contributed by atoms with Gasteiger partial charge in [0.05, 0.1) is 30.3 Å². The first-order valence-electron chi connectivity index (χ1n) is 13.7. The van der Waals surface area contributed by atoms with E-state index in [4.69, 9.17) is 9.73 Å². The zero-order valence-corrected chi connectivity index (χ0v) is 23.7. The highest BCUT2D eigenvalue weighted by molar-refractivity contribution is 8.16. The van der Waals surface area contributed by atoms with E-state index in [1.165, 1.54) is 17.3 Å². The second-order valence-corrected chi connectivity index (χ2v) is 10.9. The SMILES string of the molecule is CCOC(=O)C1=C(C)N=C2SC=C(CC(=O)N3CCN(CCc4ccccc4)CC3)N2[C@H]1c1ccccc1C. The number of rotatable bonds is 8. The highest BCUT2D eigenvalue weighted by atomic mass is 32.2. The lowest BCUT2D eigenvalue weighted by molar-refractivity contribution is -0.139. The van der Waals surface area contributed by atoms with Gasteiger partial charge in [0.1, 0.15) is 0 Å². The number of ether oxygens (including phenoxy) is 1. The maximum absolute atomic E-state index is 13.5. The molecular weight excluding hydrogens is 508 g/mol. The number of benzene rings is 2. The van der Waals surface area contributed by atoms with Gasteiger partial charge >= 0.3 is 5.97 Å². The summed E-state index contributed by atoms with van der Waals surface area (Å²) in [6.45, 7) is 10.2. The highest BCUT2D eigenvalue weighted by Crippen LogP contribution is 2.45. The number of esters is 1. The number of amides is 1. The van der Waals surface area contributed by atoms with Crippen molar-refractivity contribution < 1.29 is 14.3 Å². The lowest BCUT2D eigenvalue weighted by Gasteiger charge is -2.38. The molecular formula is C31H36N4O3S. The van der Waals surface area contributed by atoms with Crippen molar-refractivity contribution in [2.75, 3.05) is 39.3 Å². The van der Waals surface area contributed by atoms with Gasteiger partial charge in [-0.3, -0.25) is 9.69 Å². The molecule has 0 radical (unpaired) electrons. The molecule has 0 saturated carbocycles. The van der Waals surface area contributed by atoms with Gasteiger partial charge in [-0.2, -0.15) is 0 Å². The molecule has 0 aliphatic carbocycles. The molecule has 0 N–H and O–H groups in total. The average Bonchev–Trinajstić information content (AvgIpc) is 3.34. The molecule has 1 saturated heterocycles. The van der Waals surface area contributed by atoms with Crippen molar-refractivity contribution >= 4 is 28.8 Å². The zero-order chi connectivity index (χ0) is 27.4. The van der Waals surface area contributed by atoms with E-state index in [9.17, 15) is 9.59 Å². The molecule has 1 amide bonds. The summed E-state index contributed by atoms with van der Waals surface area (Å²) in [5.74, 6) is -0.251. The predicted molar refractivity (Wildman–Crippen MR) is 156 cm³/mol. The van der Waals surface area contributed by atoms with Crippen LogP contribution in [0.4, 0.5) is 0 Å². The number of carbonyl (C=O) groups is 2. The van der Waals surface area contributed by atoms with E-state index in [0.29, 0.717) is 17.9 Å². The first kappa shape index (κ1) is 27.2. The summed E-state index contributed by atoms with van der Waals surface area (Å²) < 4.78 is 5.46. The van der Waals surface area contributed by atoms with Gasteiger partial charge in [0.15, 0.2) is 5.17 Å². The molecule has 3 heterocycles. The lowest BCUT2D eigenvalue weighted by Crippen LogP contribution is -2.49. The van der Waals surface area contributed by atoms with Crippen LogP contribution in [0.1, 0.15) is 43.0 Å². The summed E-state index contributed by atoms with van der Waals surface area (Å²) in [5, 5.41) is 2.81. The Kier molecular flexibility index (Phi) is 8.53. The largest absolute Gasteiger partial charge is 0.463 e. The Hall–Kier alpha value is -3.36. The third-order valence-electron chi connectivity index (χ3n) is 7.60. The smallest absolute Gasteiger partial charge is 0.338 e. The van der Waals surface area contributed by atoms with E-state index in [2.05, 4.69) is 34.1 Å². The Morgan fingerprint density at radius 1 is 1.00 bits per heavy atom. The van der Waals surface area contributed by atoms with Gasteiger partial charge in [-0.1, -0.05) is 66.4 Å². The fourth-order valence-electron chi connectivity index (χ4n) is 5.45. The van der Waals surface area contributed by atoms with Crippen LogP contribution in [0.15, 0.2) is 82.0 Å². The van der Waals surface area contributed by atoms with Gasteiger partial charge in [0.2, 0.25) is 5.91 Å². The minimum atomic E-state index is -0.387. The van der Waals surface area contributed by atoms with Crippen LogP contribution in [0.2, 0.25) is 0 Å². The van der Waals surface area contributed by atoms with Crippen molar-refractivity contribution in [2.45, 2.75) is 39.7 Å². The molecule has 7 nitrogen and oxygen atoms in total. The molecule has 204 valence electrons. The molecule has 0 spiro atoms. The molecule has 0 bridgehead atoms. The molecule has 3 aliphatic heterocycles. The number of fused-ring (bicyclic) bond motifs is 1. The van der Waals surface area contributed by atoms with E-state index in [-0.39, 0.29) is 24.3 Å². The van der Waals surface area contributed by atoms with Gasteiger partial charge < -0.3 is 14.5 Å². The maximum atomic E-state index is 13.5. The van der Waals surface area contributed by atoms with Crippen molar-refractivity contribution in [2.24, 2.45) is 4.99 Å². The van der Waals surface area contributed by atoms with Crippen LogP contribution in [-0.2, 0) is 20.7 Å². The average molecular weight is 545 g/mol. The van der Waals surface area contributed by atoms with Crippen LogP contribution in [-0.4, -0.2) is 71.1 Å². The van der Waals surface area contributed by atoms with Crippen molar-refractivity contribution in [3.63, 3.8) is 0 Å². The third-order valence-corrected chi connectivity index (χ3v) is 8.48. The van der Waals surface area contributed by atoms with E-state index in [1.54, 1.807) is 0 Å². The summed E-state index contributed by atoms with van der Waals surface area (Å²) >= 11 is 1.51. The first-order chi connectivity index (χ1) is 19.0. The van der Waals surface area contributed by atoms with Crippen molar-refractivity contribution in [1.29, 1.82) is 0 Å². The number of carbonyl (C=O) groups excluding carboxylic acids is 2. The summed E-state index contributed by atoms with van der Waals surface area (Å²) in [5.41, 5.74) is 5.50. The van der Waals surface area contributed by atoms with E-state index >= 15 is 0 Å². The molecule has 39 heavy (non-hydrogen) atoms. The molecule has 2 aromatic carbocycles. The van der Waals surface area contributed by atoms with Gasteiger partial charge in [-0.05, 0) is 49.3 Å². The summed E-state index contributed by atoms with van der Waals surface area (Å²) in [6.07, 6.45) is 1.29. The Labute approximate surface area is 235 Å². The van der Waals surface area contributed by atoms with Gasteiger partial charge in [0, 0.05) is 38.4 Å². The summed E-state index contributed by atoms with van der Waals surface area (Å²) in [4.78, 5) is 37.9. The standard InChI is InChI=1S/C31H36N4O3S/c1-4-38-30(37)28-23(3)32-31-35(29(28)26-13-9-8-10-22(26)2)25(21-39-31)20-27(36)34-18-16-33(17-19-34)15-14-24-11-6-5-7-12-24/h5-13,21,29H,4,14-20H2,1-3H3/t29-/m0/s1. The van der Waals surface area contributed by atoms with Crippen LogP contribution in [0.3, 0.4) is 0 Å². The first-order valence-corrected chi connectivity index (χ1v) is 14.5. The summed E-state index contributed by atoms with van der Waals surface area (Å²) in [7, 11) is 0. The maximum Gasteiger partial charge on any atom is 0.338 e. The van der Waals surface area contributed by atoms with Crippen molar-refractivity contribution in [1.82, 2.24) is 14.7 Å². The molecule has 2 aromatic rings. The molecule has 1 fully saturated rings. The van der Waals surface area contributed by atoms with E-state index in [1.807, 2.05) is 61.4 Å². The Morgan fingerprint density at radius 2 is 1.72 bits per heavy atom. The molecule has 5 rings (SSSR count). The van der Waals surface area contributed by atoms with Gasteiger partial charge in [0.25, 0.3) is 0 Å². The topological polar surface area (TPSA) is 65.5 Å². The monoisotopic (exact) mass is 544 g/mol. The number of aryl methyl sites for hydroxylation is 1. The minimum absolute atomic E-state index is 0.110. The van der Waals surface area contributed by atoms with Gasteiger partial charge in [-0.15, -0.1) is 0 Å². The normalized spacial score (nSPS) is 19.5. The van der Waals surface area contributed by atoms with Crippen LogP contribution >= 0.6 is 11.8 Å². The predicted octanol–water partition coefficient (Wildman–Crippen LogP) is 4.91.